The smallest absolute Gasteiger partial charge is 0.227 e. The van der Waals surface area contributed by atoms with Crippen molar-refractivity contribution in [2.45, 2.75) is 20.3 Å². The van der Waals surface area contributed by atoms with Gasteiger partial charge >= 0.3 is 0 Å². The van der Waals surface area contributed by atoms with Crippen LogP contribution in [0, 0.1) is 5.92 Å². The normalized spacial score (nSPS) is 18.0. The Balaban J connectivity index is 1.84. The number of hydrogen-bond acceptors (Lipinski definition) is 3. The molecule has 1 heterocycles. The number of nitrogens with one attached hydrogen (secondary N) is 1. The third-order valence-corrected chi connectivity index (χ3v) is 4.19. The summed E-state index contributed by atoms with van der Waals surface area (Å²) in [6.45, 7) is 8.14. The molecule has 1 saturated heterocycles. The van der Waals surface area contributed by atoms with Crippen molar-refractivity contribution in [2.75, 3.05) is 37.6 Å². The molecule has 5 heteroatoms. The van der Waals surface area contributed by atoms with Gasteiger partial charge in [0.2, 0.25) is 11.8 Å². The third-order valence-electron chi connectivity index (χ3n) is 4.19. The highest BCUT2D eigenvalue weighted by molar-refractivity contribution is 6.00. The SMILES string of the molecule is CCN(CC)CCNC(=O)[C@H]1CC(=O)N(c2ccccc2)C1. The Morgan fingerprint density at radius 2 is 1.95 bits per heavy atom. The van der Waals surface area contributed by atoms with Crippen LogP contribution in [0.4, 0.5) is 5.69 Å². The summed E-state index contributed by atoms with van der Waals surface area (Å²) in [5.41, 5.74) is 0.867. The van der Waals surface area contributed by atoms with E-state index >= 15 is 0 Å². The van der Waals surface area contributed by atoms with Gasteiger partial charge in [0.1, 0.15) is 0 Å². The van der Waals surface area contributed by atoms with E-state index in [1.165, 1.54) is 0 Å². The second kappa shape index (κ2) is 7.94. The first-order chi connectivity index (χ1) is 10.7. The quantitative estimate of drug-likeness (QED) is 0.830. The first-order valence-corrected chi connectivity index (χ1v) is 8.01. The topological polar surface area (TPSA) is 52.7 Å². The fourth-order valence-electron chi connectivity index (χ4n) is 2.76. The lowest BCUT2D eigenvalue weighted by atomic mass is 10.1. The lowest BCUT2D eigenvalue weighted by Crippen LogP contribution is -2.38. The summed E-state index contributed by atoms with van der Waals surface area (Å²) in [6.07, 6.45) is 0.298. The maximum atomic E-state index is 12.2. The second-order valence-corrected chi connectivity index (χ2v) is 5.56. The van der Waals surface area contributed by atoms with E-state index in [0.717, 1.165) is 25.3 Å². The molecule has 0 bridgehead atoms. The van der Waals surface area contributed by atoms with Crippen molar-refractivity contribution in [2.24, 2.45) is 5.92 Å². The van der Waals surface area contributed by atoms with Crippen LogP contribution in [0.1, 0.15) is 20.3 Å². The van der Waals surface area contributed by atoms with Crippen LogP contribution in [0.3, 0.4) is 0 Å². The van der Waals surface area contributed by atoms with Crippen molar-refractivity contribution in [3.63, 3.8) is 0 Å². The Morgan fingerprint density at radius 1 is 1.27 bits per heavy atom. The average Bonchev–Trinajstić information content (AvgIpc) is 2.94. The molecule has 1 atom stereocenters. The molecule has 0 saturated carbocycles. The zero-order valence-electron chi connectivity index (χ0n) is 13.4. The Bertz CT molecular complexity index is 500. The molecule has 0 spiro atoms. The molecule has 1 aromatic carbocycles. The molecule has 1 aliphatic heterocycles. The molecule has 2 amide bonds. The van der Waals surface area contributed by atoms with Gasteiger partial charge in [0.05, 0.1) is 5.92 Å². The standard InChI is InChI=1S/C17H25N3O2/c1-3-19(4-2)11-10-18-17(22)14-12-16(21)20(13-14)15-8-6-5-7-9-15/h5-9,14H,3-4,10-13H2,1-2H3,(H,18,22)/t14-/m0/s1. The van der Waals surface area contributed by atoms with Gasteiger partial charge in [0, 0.05) is 31.7 Å². The van der Waals surface area contributed by atoms with Crippen LogP contribution in [-0.4, -0.2) is 49.4 Å². The second-order valence-electron chi connectivity index (χ2n) is 5.56. The first-order valence-electron chi connectivity index (χ1n) is 8.01. The monoisotopic (exact) mass is 303 g/mol. The van der Waals surface area contributed by atoms with Crippen molar-refractivity contribution in [1.29, 1.82) is 0 Å². The molecule has 1 aromatic rings. The number of anilines is 1. The predicted molar refractivity (Wildman–Crippen MR) is 87.7 cm³/mol. The van der Waals surface area contributed by atoms with Gasteiger partial charge < -0.3 is 15.1 Å². The lowest BCUT2D eigenvalue weighted by molar-refractivity contribution is -0.126. The first kappa shape index (κ1) is 16.5. The van der Waals surface area contributed by atoms with Crippen molar-refractivity contribution in [1.82, 2.24) is 10.2 Å². The maximum Gasteiger partial charge on any atom is 0.227 e. The van der Waals surface area contributed by atoms with Crippen LogP contribution < -0.4 is 10.2 Å². The van der Waals surface area contributed by atoms with E-state index in [9.17, 15) is 9.59 Å². The molecular formula is C17H25N3O2. The highest BCUT2D eigenvalue weighted by atomic mass is 16.2. The van der Waals surface area contributed by atoms with E-state index in [-0.39, 0.29) is 17.7 Å². The minimum absolute atomic E-state index is 0.0149. The van der Waals surface area contributed by atoms with Gasteiger partial charge in [-0.25, -0.2) is 0 Å². The molecule has 0 unspecified atom stereocenters. The van der Waals surface area contributed by atoms with Crippen molar-refractivity contribution >= 4 is 17.5 Å². The maximum absolute atomic E-state index is 12.2. The summed E-state index contributed by atoms with van der Waals surface area (Å²) in [6, 6.07) is 9.53. The largest absolute Gasteiger partial charge is 0.355 e. The molecule has 1 aliphatic rings. The number of nitrogens with zero attached hydrogens (tertiary/aromatic N) is 2. The van der Waals surface area contributed by atoms with Gasteiger partial charge in [-0.05, 0) is 25.2 Å². The van der Waals surface area contributed by atoms with Gasteiger partial charge in [0.15, 0.2) is 0 Å². The number of para-hydroxylation sites is 1. The summed E-state index contributed by atoms with van der Waals surface area (Å²) in [7, 11) is 0. The highest BCUT2D eigenvalue weighted by Crippen LogP contribution is 2.24. The summed E-state index contributed by atoms with van der Waals surface area (Å²) in [5, 5.41) is 2.96. The van der Waals surface area contributed by atoms with Gasteiger partial charge in [-0.3, -0.25) is 9.59 Å². The summed E-state index contributed by atoms with van der Waals surface area (Å²) < 4.78 is 0. The minimum atomic E-state index is -0.246. The third kappa shape index (κ3) is 4.07. The molecule has 1 N–H and O–H groups in total. The summed E-state index contributed by atoms with van der Waals surface area (Å²) in [4.78, 5) is 28.3. The Morgan fingerprint density at radius 3 is 2.59 bits per heavy atom. The Labute approximate surface area is 132 Å². The van der Waals surface area contributed by atoms with Crippen LogP contribution >= 0.6 is 0 Å². The molecule has 1 fully saturated rings. The highest BCUT2D eigenvalue weighted by Gasteiger charge is 2.34. The van der Waals surface area contributed by atoms with E-state index in [0.29, 0.717) is 19.5 Å². The number of rotatable bonds is 7. The lowest BCUT2D eigenvalue weighted by Gasteiger charge is -2.19. The van der Waals surface area contributed by atoms with Gasteiger partial charge in [-0.1, -0.05) is 32.0 Å². The predicted octanol–water partition coefficient (Wildman–Crippen LogP) is 1.50. The number of carbonyl (C=O) groups is 2. The van der Waals surface area contributed by atoms with E-state index in [4.69, 9.17) is 0 Å². The van der Waals surface area contributed by atoms with E-state index in [1.54, 1.807) is 4.90 Å². The van der Waals surface area contributed by atoms with Crippen LogP contribution in [-0.2, 0) is 9.59 Å². The number of carbonyl (C=O) groups excluding carboxylic acids is 2. The van der Waals surface area contributed by atoms with Crippen molar-refractivity contribution in [3.05, 3.63) is 30.3 Å². The number of hydrogen-bond donors (Lipinski definition) is 1. The summed E-state index contributed by atoms with van der Waals surface area (Å²) >= 11 is 0. The van der Waals surface area contributed by atoms with Crippen LogP contribution in [0.2, 0.25) is 0 Å². The Hall–Kier alpha value is -1.88. The molecule has 120 valence electrons. The molecule has 22 heavy (non-hydrogen) atoms. The van der Waals surface area contributed by atoms with E-state index in [1.807, 2.05) is 30.3 Å². The number of amides is 2. The average molecular weight is 303 g/mol. The van der Waals surface area contributed by atoms with E-state index < -0.39 is 0 Å². The van der Waals surface area contributed by atoms with E-state index in [2.05, 4.69) is 24.1 Å². The summed E-state index contributed by atoms with van der Waals surface area (Å²) in [5.74, 6) is -0.238. The molecule has 0 aliphatic carbocycles. The van der Waals surface area contributed by atoms with Crippen molar-refractivity contribution < 1.29 is 9.59 Å². The number of benzene rings is 1. The fraction of sp³-hybridized carbons (Fsp3) is 0.529. The molecule has 0 aromatic heterocycles. The minimum Gasteiger partial charge on any atom is -0.355 e. The fourth-order valence-corrected chi connectivity index (χ4v) is 2.76. The molecule has 2 rings (SSSR count). The van der Waals surface area contributed by atoms with Gasteiger partial charge in [-0.15, -0.1) is 0 Å². The molecular weight excluding hydrogens is 278 g/mol. The van der Waals surface area contributed by atoms with Gasteiger partial charge in [-0.2, -0.15) is 0 Å². The molecule has 5 nitrogen and oxygen atoms in total. The molecule has 0 radical (unpaired) electrons. The van der Waals surface area contributed by atoms with Crippen molar-refractivity contribution in [3.8, 4) is 0 Å². The van der Waals surface area contributed by atoms with Crippen LogP contribution in [0.5, 0.6) is 0 Å². The van der Waals surface area contributed by atoms with Crippen LogP contribution in [0.25, 0.3) is 0 Å². The number of likely N-dealkylation sites (N-methyl/N-ethyl adjacent to an activating group) is 1. The van der Waals surface area contributed by atoms with Gasteiger partial charge in [0.25, 0.3) is 0 Å². The zero-order valence-corrected chi connectivity index (χ0v) is 13.4. The Kier molecular flexibility index (Phi) is 5.95. The zero-order chi connectivity index (χ0) is 15.9. The van der Waals surface area contributed by atoms with Crippen LogP contribution in [0.15, 0.2) is 30.3 Å².